The highest BCUT2D eigenvalue weighted by Crippen LogP contribution is 2.35. The number of carbonyl (C=O) groups excluding carboxylic acids is 1. The lowest BCUT2D eigenvalue weighted by Crippen LogP contribution is -2.32. The second-order valence-electron chi connectivity index (χ2n) is 4.70. The average molecular weight is 362 g/mol. The van der Waals surface area contributed by atoms with Crippen LogP contribution in [-0.2, 0) is 4.74 Å². The van der Waals surface area contributed by atoms with Crippen molar-refractivity contribution < 1.29 is 14.3 Å². The van der Waals surface area contributed by atoms with Gasteiger partial charge in [0.2, 0.25) is 0 Å². The second-order valence-corrected chi connectivity index (χ2v) is 5.14. The van der Waals surface area contributed by atoms with E-state index >= 15 is 0 Å². The molecule has 2 N–H and O–H groups in total. The van der Waals surface area contributed by atoms with Gasteiger partial charge in [0.1, 0.15) is 18.4 Å². The largest absolute Gasteiger partial charge is 0.489 e. The summed E-state index contributed by atoms with van der Waals surface area (Å²) in [5.41, 5.74) is 5.93. The van der Waals surface area contributed by atoms with Crippen LogP contribution < -0.4 is 15.4 Å². The zero-order valence-corrected chi connectivity index (χ0v) is 14.2. The van der Waals surface area contributed by atoms with Gasteiger partial charge in [0.05, 0.1) is 24.7 Å². The third-order valence-electron chi connectivity index (χ3n) is 3.05. The number of rotatable bonds is 7. The van der Waals surface area contributed by atoms with Crippen LogP contribution in [0.3, 0.4) is 0 Å². The van der Waals surface area contributed by atoms with Crippen LogP contribution in [0, 0.1) is 11.3 Å². The molecule has 0 aliphatic heterocycles. The maximum absolute atomic E-state index is 12.0. The van der Waals surface area contributed by atoms with Gasteiger partial charge < -0.3 is 15.2 Å². The molecule has 0 unspecified atom stereocenters. The Hall–Kier alpha value is -2.89. The van der Waals surface area contributed by atoms with Gasteiger partial charge in [-0.2, -0.15) is 5.26 Å². The molecule has 0 spiro atoms. The maximum Gasteiger partial charge on any atom is 0.325 e. The average Bonchev–Trinajstić information content (AvgIpc) is 2.61. The molecule has 0 aliphatic rings. The standard InChI is InChI=1S/C16H16ClN5O3/c1-2-24-5-6-25-14-4-3-11(17)7-13(14)22(16(19)23)15-10-20-12(8-18)9-21-15/h3-4,7,9-10H,2,5-6H2,1H3,(H2,19,23). The molecule has 1 aromatic heterocycles. The Morgan fingerprint density at radius 3 is 2.76 bits per heavy atom. The van der Waals surface area contributed by atoms with Crippen molar-refractivity contribution >= 4 is 29.1 Å². The van der Waals surface area contributed by atoms with Crippen molar-refractivity contribution in [3.05, 3.63) is 41.3 Å². The minimum absolute atomic E-state index is 0.118. The molecule has 0 radical (unpaired) electrons. The first-order valence-electron chi connectivity index (χ1n) is 7.38. The molecule has 130 valence electrons. The molecule has 0 saturated carbocycles. The number of anilines is 2. The van der Waals surface area contributed by atoms with Gasteiger partial charge in [-0.25, -0.2) is 19.7 Å². The van der Waals surface area contributed by atoms with Crippen LogP contribution in [0.4, 0.5) is 16.3 Å². The lowest BCUT2D eigenvalue weighted by atomic mass is 10.2. The molecular formula is C16H16ClN5O3. The highest BCUT2D eigenvalue weighted by Gasteiger charge is 2.21. The molecule has 2 rings (SSSR count). The quantitative estimate of drug-likeness (QED) is 0.758. The molecule has 0 fully saturated rings. The Bertz CT molecular complexity index is 776. The van der Waals surface area contributed by atoms with Gasteiger partial charge in [0, 0.05) is 11.6 Å². The number of nitrogens with zero attached hydrogens (tertiary/aromatic N) is 4. The van der Waals surface area contributed by atoms with Crippen molar-refractivity contribution in [2.45, 2.75) is 6.92 Å². The van der Waals surface area contributed by atoms with E-state index in [1.807, 2.05) is 13.0 Å². The SMILES string of the molecule is CCOCCOc1ccc(Cl)cc1N(C(N)=O)c1cnc(C#N)cn1. The Morgan fingerprint density at radius 1 is 1.36 bits per heavy atom. The van der Waals surface area contributed by atoms with Crippen molar-refractivity contribution in [3.8, 4) is 11.8 Å². The third kappa shape index (κ3) is 4.79. The van der Waals surface area contributed by atoms with Gasteiger partial charge in [-0.05, 0) is 25.1 Å². The monoisotopic (exact) mass is 361 g/mol. The van der Waals surface area contributed by atoms with Crippen molar-refractivity contribution in [1.29, 1.82) is 5.26 Å². The molecule has 9 heteroatoms. The van der Waals surface area contributed by atoms with E-state index in [9.17, 15) is 4.79 Å². The normalized spacial score (nSPS) is 10.1. The Morgan fingerprint density at radius 2 is 2.16 bits per heavy atom. The summed E-state index contributed by atoms with van der Waals surface area (Å²) < 4.78 is 10.9. The van der Waals surface area contributed by atoms with Crippen LogP contribution >= 0.6 is 11.6 Å². The fourth-order valence-corrected chi connectivity index (χ4v) is 2.16. The first kappa shape index (κ1) is 18.4. The molecule has 1 heterocycles. The molecule has 25 heavy (non-hydrogen) atoms. The summed E-state index contributed by atoms with van der Waals surface area (Å²) in [5.74, 6) is 0.525. The van der Waals surface area contributed by atoms with Crippen molar-refractivity contribution in [2.75, 3.05) is 24.7 Å². The van der Waals surface area contributed by atoms with Crippen LogP contribution in [0.2, 0.25) is 5.02 Å². The highest BCUT2D eigenvalue weighted by molar-refractivity contribution is 6.31. The van der Waals surface area contributed by atoms with E-state index in [1.165, 1.54) is 18.5 Å². The molecule has 1 aromatic carbocycles. The van der Waals surface area contributed by atoms with Crippen LogP contribution in [0.5, 0.6) is 5.75 Å². The van der Waals surface area contributed by atoms with Crippen LogP contribution in [-0.4, -0.2) is 35.8 Å². The topological polar surface area (TPSA) is 114 Å². The summed E-state index contributed by atoms with van der Waals surface area (Å²) in [6.45, 7) is 3.14. The fraction of sp³-hybridized carbons (Fsp3) is 0.250. The van der Waals surface area contributed by atoms with Crippen LogP contribution in [0.25, 0.3) is 0 Å². The summed E-state index contributed by atoms with van der Waals surface area (Å²) >= 11 is 6.05. The predicted molar refractivity (Wildman–Crippen MR) is 91.9 cm³/mol. The summed E-state index contributed by atoms with van der Waals surface area (Å²) in [6.07, 6.45) is 2.51. The van der Waals surface area contributed by atoms with Crippen molar-refractivity contribution in [1.82, 2.24) is 9.97 Å². The molecular weight excluding hydrogens is 346 g/mol. The Kier molecular flexibility index (Phi) is 6.51. The number of halogens is 1. The molecule has 0 bridgehead atoms. The minimum atomic E-state index is -0.795. The highest BCUT2D eigenvalue weighted by atomic mass is 35.5. The van der Waals surface area contributed by atoms with Gasteiger partial charge in [-0.1, -0.05) is 11.6 Å². The number of hydrogen-bond donors (Lipinski definition) is 1. The van der Waals surface area contributed by atoms with Crippen molar-refractivity contribution in [2.24, 2.45) is 5.73 Å². The Balaban J connectivity index is 2.37. The zero-order valence-electron chi connectivity index (χ0n) is 13.5. The number of nitriles is 1. The van der Waals surface area contributed by atoms with E-state index < -0.39 is 6.03 Å². The zero-order chi connectivity index (χ0) is 18.2. The number of amides is 2. The maximum atomic E-state index is 12.0. The molecule has 0 atom stereocenters. The number of aromatic nitrogens is 2. The van der Waals surface area contributed by atoms with E-state index in [1.54, 1.807) is 12.1 Å². The van der Waals surface area contributed by atoms with Gasteiger partial charge in [-0.15, -0.1) is 0 Å². The third-order valence-corrected chi connectivity index (χ3v) is 3.29. The number of carbonyl (C=O) groups is 1. The second kappa shape index (κ2) is 8.82. The van der Waals surface area contributed by atoms with Gasteiger partial charge in [0.15, 0.2) is 11.5 Å². The summed E-state index contributed by atoms with van der Waals surface area (Å²) in [7, 11) is 0. The first-order chi connectivity index (χ1) is 12.1. The molecule has 2 aromatic rings. The lowest BCUT2D eigenvalue weighted by molar-refractivity contribution is 0.110. The molecule has 0 aliphatic carbocycles. The van der Waals surface area contributed by atoms with E-state index in [0.717, 1.165) is 4.90 Å². The smallest absolute Gasteiger partial charge is 0.325 e. The van der Waals surface area contributed by atoms with Crippen LogP contribution in [0.1, 0.15) is 12.6 Å². The Labute approximate surface area is 149 Å². The van der Waals surface area contributed by atoms with E-state index in [-0.39, 0.29) is 18.1 Å². The minimum Gasteiger partial charge on any atom is -0.489 e. The molecule has 8 nitrogen and oxygen atoms in total. The van der Waals surface area contributed by atoms with E-state index in [4.69, 9.17) is 32.1 Å². The van der Waals surface area contributed by atoms with Gasteiger partial charge in [-0.3, -0.25) is 0 Å². The fourth-order valence-electron chi connectivity index (χ4n) is 1.99. The van der Waals surface area contributed by atoms with Gasteiger partial charge in [0.25, 0.3) is 0 Å². The molecule has 0 saturated heterocycles. The summed E-state index contributed by atoms with van der Waals surface area (Å²) in [6, 6.07) is 5.84. The van der Waals surface area contributed by atoms with Gasteiger partial charge >= 0.3 is 6.03 Å². The summed E-state index contributed by atoms with van der Waals surface area (Å²) in [4.78, 5) is 21.0. The van der Waals surface area contributed by atoms with E-state index in [2.05, 4.69) is 9.97 Å². The number of urea groups is 1. The number of ether oxygens (including phenoxy) is 2. The van der Waals surface area contributed by atoms with Crippen LogP contribution in [0.15, 0.2) is 30.6 Å². The number of hydrogen-bond acceptors (Lipinski definition) is 6. The van der Waals surface area contributed by atoms with E-state index in [0.29, 0.717) is 29.7 Å². The number of nitrogens with two attached hydrogens (primary N) is 1. The number of primary amides is 1. The van der Waals surface area contributed by atoms with Crippen molar-refractivity contribution in [3.63, 3.8) is 0 Å². The first-order valence-corrected chi connectivity index (χ1v) is 7.76. The number of benzene rings is 1. The lowest BCUT2D eigenvalue weighted by Gasteiger charge is -2.22. The summed E-state index contributed by atoms with van der Waals surface area (Å²) in [5, 5.41) is 9.20. The predicted octanol–water partition coefficient (Wildman–Crippen LogP) is 2.63. The molecule has 2 amide bonds.